The molecule has 1 aromatic rings. The topological polar surface area (TPSA) is 47.0 Å². The highest BCUT2D eigenvalue weighted by atomic mass is 16.5. The van der Waals surface area contributed by atoms with Crippen LogP contribution in [0.1, 0.15) is 31.7 Å². The number of aromatic nitrogens is 2. The molecule has 0 saturated heterocycles. The Labute approximate surface area is 91.1 Å². The Bertz CT molecular complexity index is 302. The maximum absolute atomic E-state index is 5.59. The number of ether oxygens (including phenoxy) is 1. The lowest BCUT2D eigenvalue weighted by Crippen LogP contribution is -2.04. The highest BCUT2D eigenvalue weighted by molar-refractivity contribution is 5.31. The molecule has 0 aliphatic heterocycles. The van der Waals surface area contributed by atoms with Crippen LogP contribution >= 0.6 is 0 Å². The molecule has 1 aromatic heterocycles. The molecule has 0 bridgehead atoms. The summed E-state index contributed by atoms with van der Waals surface area (Å²) in [6, 6.07) is 0. The fourth-order valence-electron chi connectivity index (χ4n) is 1.21. The first-order chi connectivity index (χ1) is 7.27. The Morgan fingerprint density at radius 3 is 2.87 bits per heavy atom. The quantitative estimate of drug-likeness (QED) is 0.731. The number of hydrogen-bond donors (Lipinski definition) is 1. The average molecular weight is 209 g/mol. The third-order valence-corrected chi connectivity index (χ3v) is 2.14. The van der Waals surface area contributed by atoms with Crippen molar-refractivity contribution in [2.75, 3.05) is 19.0 Å². The molecule has 0 atom stereocenters. The van der Waals surface area contributed by atoms with E-state index in [1.807, 2.05) is 6.92 Å². The van der Waals surface area contributed by atoms with E-state index in [-0.39, 0.29) is 0 Å². The molecule has 84 valence electrons. The lowest BCUT2D eigenvalue weighted by Gasteiger charge is -2.08. The predicted octanol–water partition coefficient (Wildman–Crippen LogP) is 2.40. The first-order valence-corrected chi connectivity index (χ1v) is 5.42. The van der Waals surface area contributed by atoms with Gasteiger partial charge in [-0.25, -0.2) is 4.98 Å². The van der Waals surface area contributed by atoms with Crippen molar-refractivity contribution in [1.29, 1.82) is 0 Å². The number of nitrogens with one attached hydrogen (secondary N) is 1. The van der Waals surface area contributed by atoms with Gasteiger partial charge in [-0.2, -0.15) is 4.98 Å². The van der Waals surface area contributed by atoms with Gasteiger partial charge in [0.15, 0.2) is 0 Å². The molecule has 1 N–H and O–H groups in total. The number of hydrogen-bond acceptors (Lipinski definition) is 4. The fourth-order valence-corrected chi connectivity index (χ4v) is 1.21. The van der Waals surface area contributed by atoms with Crippen LogP contribution in [0.4, 0.5) is 5.95 Å². The van der Waals surface area contributed by atoms with Crippen molar-refractivity contribution >= 4 is 5.95 Å². The molecule has 4 heteroatoms. The van der Waals surface area contributed by atoms with Gasteiger partial charge in [-0.3, -0.25) is 0 Å². The third kappa shape index (κ3) is 3.73. The molecule has 0 aromatic carbocycles. The van der Waals surface area contributed by atoms with Crippen LogP contribution in [-0.2, 0) is 0 Å². The molecule has 1 rings (SSSR count). The van der Waals surface area contributed by atoms with Crippen LogP contribution in [0.25, 0.3) is 0 Å². The van der Waals surface area contributed by atoms with E-state index in [1.165, 1.54) is 12.8 Å². The standard InChI is InChI=1S/C11H19N3O/c1-4-5-6-7-15-10-9(2)8-13-11(12-3)14-10/h8H,4-7H2,1-3H3,(H,12,13,14). The van der Waals surface area contributed by atoms with Gasteiger partial charge in [0.25, 0.3) is 0 Å². The molecule has 0 aliphatic carbocycles. The van der Waals surface area contributed by atoms with Crippen molar-refractivity contribution in [3.05, 3.63) is 11.8 Å². The molecular formula is C11H19N3O. The molecule has 1 heterocycles. The van der Waals surface area contributed by atoms with Gasteiger partial charge < -0.3 is 10.1 Å². The van der Waals surface area contributed by atoms with Crippen molar-refractivity contribution in [2.24, 2.45) is 0 Å². The van der Waals surface area contributed by atoms with Crippen LogP contribution in [0.5, 0.6) is 5.88 Å². The number of rotatable bonds is 6. The SMILES string of the molecule is CCCCCOc1nc(NC)ncc1C. The molecule has 0 radical (unpaired) electrons. The number of aryl methyl sites for hydroxylation is 1. The minimum atomic E-state index is 0.603. The van der Waals surface area contributed by atoms with E-state index in [9.17, 15) is 0 Å². The monoisotopic (exact) mass is 209 g/mol. The molecule has 0 aliphatic rings. The van der Waals surface area contributed by atoms with Gasteiger partial charge in [0.1, 0.15) is 0 Å². The highest BCUT2D eigenvalue weighted by Gasteiger charge is 2.03. The summed E-state index contributed by atoms with van der Waals surface area (Å²) in [5.74, 6) is 1.29. The number of unbranched alkanes of at least 4 members (excludes halogenated alkanes) is 2. The van der Waals surface area contributed by atoms with E-state index in [0.29, 0.717) is 11.8 Å². The van der Waals surface area contributed by atoms with Crippen molar-refractivity contribution in [3.8, 4) is 5.88 Å². The summed E-state index contributed by atoms with van der Waals surface area (Å²) in [4.78, 5) is 8.34. The molecular weight excluding hydrogens is 190 g/mol. The Morgan fingerprint density at radius 1 is 1.40 bits per heavy atom. The van der Waals surface area contributed by atoms with Crippen molar-refractivity contribution in [2.45, 2.75) is 33.1 Å². The Morgan fingerprint density at radius 2 is 2.20 bits per heavy atom. The van der Waals surface area contributed by atoms with E-state index in [2.05, 4.69) is 22.2 Å². The van der Waals surface area contributed by atoms with Gasteiger partial charge in [0.05, 0.1) is 6.61 Å². The summed E-state index contributed by atoms with van der Waals surface area (Å²) >= 11 is 0. The summed E-state index contributed by atoms with van der Waals surface area (Å²) in [7, 11) is 1.80. The van der Waals surface area contributed by atoms with Gasteiger partial charge in [0.2, 0.25) is 11.8 Å². The highest BCUT2D eigenvalue weighted by Crippen LogP contribution is 2.15. The van der Waals surface area contributed by atoms with Gasteiger partial charge in [-0.15, -0.1) is 0 Å². The minimum absolute atomic E-state index is 0.603. The summed E-state index contributed by atoms with van der Waals surface area (Å²) in [6.45, 7) is 4.86. The zero-order chi connectivity index (χ0) is 11.1. The predicted molar refractivity (Wildman–Crippen MR) is 61.3 cm³/mol. The van der Waals surface area contributed by atoms with Gasteiger partial charge >= 0.3 is 0 Å². The van der Waals surface area contributed by atoms with E-state index in [1.54, 1.807) is 13.2 Å². The third-order valence-electron chi connectivity index (χ3n) is 2.14. The van der Waals surface area contributed by atoms with Crippen LogP contribution in [-0.4, -0.2) is 23.6 Å². The first-order valence-electron chi connectivity index (χ1n) is 5.42. The normalized spacial score (nSPS) is 10.1. The van der Waals surface area contributed by atoms with Crippen molar-refractivity contribution < 1.29 is 4.74 Å². The number of anilines is 1. The van der Waals surface area contributed by atoms with Crippen LogP contribution < -0.4 is 10.1 Å². The minimum Gasteiger partial charge on any atom is -0.477 e. The molecule has 0 saturated carbocycles. The lowest BCUT2D eigenvalue weighted by molar-refractivity contribution is 0.292. The number of nitrogens with zero attached hydrogens (tertiary/aromatic N) is 2. The Hall–Kier alpha value is -1.32. The van der Waals surface area contributed by atoms with Crippen LogP contribution in [0.15, 0.2) is 6.20 Å². The Kier molecular flexibility index (Phi) is 4.87. The fraction of sp³-hybridized carbons (Fsp3) is 0.636. The van der Waals surface area contributed by atoms with E-state index in [4.69, 9.17) is 4.74 Å². The van der Waals surface area contributed by atoms with Crippen LogP contribution in [0, 0.1) is 6.92 Å². The molecule has 0 unspecified atom stereocenters. The Balaban J connectivity index is 2.51. The van der Waals surface area contributed by atoms with E-state index in [0.717, 1.165) is 18.6 Å². The maximum Gasteiger partial charge on any atom is 0.225 e. The lowest BCUT2D eigenvalue weighted by atomic mass is 10.3. The summed E-state index contributed by atoms with van der Waals surface area (Å²) in [6.07, 6.45) is 5.25. The van der Waals surface area contributed by atoms with Crippen molar-refractivity contribution in [1.82, 2.24) is 9.97 Å². The zero-order valence-electron chi connectivity index (χ0n) is 9.71. The maximum atomic E-state index is 5.59. The van der Waals surface area contributed by atoms with Crippen LogP contribution in [0.2, 0.25) is 0 Å². The molecule has 0 amide bonds. The second-order valence-electron chi connectivity index (χ2n) is 3.49. The van der Waals surface area contributed by atoms with Gasteiger partial charge in [0, 0.05) is 18.8 Å². The smallest absolute Gasteiger partial charge is 0.225 e. The second kappa shape index (κ2) is 6.22. The van der Waals surface area contributed by atoms with E-state index >= 15 is 0 Å². The largest absolute Gasteiger partial charge is 0.477 e. The van der Waals surface area contributed by atoms with E-state index < -0.39 is 0 Å². The average Bonchev–Trinajstić information content (AvgIpc) is 2.26. The summed E-state index contributed by atoms with van der Waals surface area (Å²) in [5.41, 5.74) is 0.977. The molecule has 4 nitrogen and oxygen atoms in total. The van der Waals surface area contributed by atoms with Gasteiger partial charge in [-0.05, 0) is 13.3 Å². The molecule has 0 spiro atoms. The molecule has 0 fully saturated rings. The van der Waals surface area contributed by atoms with Crippen molar-refractivity contribution in [3.63, 3.8) is 0 Å². The molecule has 15 heavy (non-hydrogen) atoms. The zero-order valence-corrected chi connectivity index (χ0v) is 9.71. The first kappa shape index (κ1) is 11.8. The van der Waals surface area contributed by atoms with Gasteiger partial charge in [-0.1, -0.05) is 19.8 Å². The van der Waals surface area contributed by atoms with Crippen LogP contribution in [0.3, 0.4) is 0 Å². The second-order valence-corrected chi connectivity index (χ2v) is 3.49. The summed E-state index contributed by atoms with van der Waals surface area (Å²) in [5, 5.41) is 2.89. The summed E-state index contributed by atoms with van der Waals surface area (Å²) < 4.78 is 5.59.